The molecule has 0 saturated heterocycles. The minimum absolute atomic E-state index is 0.00812. The van der Waals surface area contributed by atoms with Crippen molar-refractivity contribution in [2.75, 3.05) is 11.9 Å². The number of fused-ring (bicyclic) bond motifs is 1. The van der Waals surface area contributed by atoms with Crippen LogP contribution in [0.5, 0.6) is 0 Å². The van der Waals surface area contributed by atoms with Crippen LogP contribution in [0.15, 0.2) is 48.5 Å². The van der Waals surface area contributed by atoms with Gasteiger partial charge in [-0.05, 0) is 23.3 Å². The summed E-state index contributed by atoms with van der Waals surface area (Å²) in [7, 11) is 0. The molecule has 4 nitrogen and oxygen atoms in total. The molecule has 0 radical (unpaired) electrons. The number of nitrogens with one attached hydrogen (secondary N) is 2. The number of hydrogen-bond donors (Lipinski definition) is 2. The third-order valence-corrected chi connectivity index (χ3v) is 3.05. The van der Waals surface area contributed by atoms with Crippen molar-refractivity contribution < 1.29 is 9.59 Å². The van der Waals surface area contributed by atoms with Gasteiger partial charge in [-0.1, -0.05) is 36.4 Å². The van der Waals surface area contributed by atoms with E-state index in [1.165, 1.54) is 0 Å². The first kappa shape index (κ1) is 11.5. The first-order valence-corrected chi connectivity index (χ1v) is 6.01. The predicted octanol–water partition coefficient (Wildman–Crippen LogP) is 2.04. The van der Waals surface area contributed by atoms with E-state index in [4.69, 9.17) is 0 Å². The lowest BCUT2D eigenvalue weighted by Gasteiger charge is -2.08. The Morgan fingerprint density at radius 3 is 2.47 bits per heavy atom. The molecule has 1 aliphatic rings. The van der Waals surface area contributed by atoms with Crippen molar-refractivity contribution in [1.29, 1.82) is 0 Å². The van der Waals surface area contributed by atoms with Crippen molar-refractivity contribution in [1.82, 2.24) is 5.32 Å². The van der Waals surface area contributed by atoms with E-state index in [-0.39, 0.29) is 18.4 Å². The van der Waals surface area contributed by atoms with Gasteiger partial charge >= 0.3 is 0 Å². The van der Waals surface area contributed by atoms with E-state index < -0.39 is 0 Å². The molecule has 0 fully saturated rings. The summed E-state index contributed by atoms with van der Waals surface area (Å²) in [6.45, 7) is 0.00812. The standard InChI is InChI=1S/C15H12N2O2/c18-14-9-16-15(19)12-8-11(6-7-13(12)17-14)10-4-2-1-3-5-10/h1-8H,9H2,(H,16,19)(H,17,18). The molecule has 4 heteroatoms. The average molecular weight is 252 g/mol. The molecule has 0 spiro atoms. The lowest BCUT2D eigenvalue weighted by atomic mass is 10.0. The number of amides is 2. The first-order valence-electron chi connectivity index (χ1n) is 6.01. The highest BCUT2D eigenvalue weighted by molar-refractivity contribution is 6.09. The summed E-state index contributed by atoms with van der Waals surface area (Å²) in [4.78, 5) is 23.4. The third-order valence-electron chi connectivity index (χ3n) is 3.05. The van der Waals surface area contributed by atoms with Gasteiger partial charge in [-0.2, -0.15) is 0 Å². The quantitative estimate of drug-likeness (QED) is 0.816. The van der Waals surface area contributed by atoms with Crippen molar-refractivity contribution in [2.24, 2.45) is 0 Å². The summed E-state index contributed by atoms with van der Waals surface area (Å²) < 4.78 is 0. The Morgan fingerprint density at radius 2 is 1.68 bits per heavy atom. The van der Waals surface area contributed by atoms with Crippen LogP contribution >= 0.6 is 0 Å². The van der Waals surface area contributed by atoms with Gasteiger partial charge in [0, 0.05) is 0 Å². The minimum atomic E-state index is -0.230. The molecule has 2 aromatic carbocycles. The average Bonchev–Trinajstić information content (AvgIpc) is 2.59. The molecule has 2 N–H and O–H groups in total. The van der Waals surface area contributed by atoms with Gasteiger partial charge in [0.2, 0.25) is 5.91 Å². The van der Waals surface area contributed by atoms with Crippen LogP contribution in [0.2, 0.25) is 0 Å². The van der Waals surface area contributed by atoms with E-state index in [9.17, 15) is 9.59 Å². The topological polar surface area (TPSA) is 58.2 Å². The highest BCUT2D eigenvalue weighted by Crippen LogP contribution is 2.26. The minimum Gasteiger partial charge on any atom is -0.343 e. The molecule has 0 aromatic heterocycles. The maximum absolute atomic E-state index is 11.9. The van der Waals surface area contributed by atoms with Gasteiger partial charge < -0.3 is 10.6 Å². The number of rotatable bonds is 1. The maximum atomic E-state index is 11.9. The van der Waals surface area contributed by atoms with Gasteiger partial charge in [0.1, 0.15) is 0 Å². The summed E-state index contributed by atoms with van der Waals surface area (Å²) in [5.41, 5.74) is 3.03. The smallest absolute Gasteiger partial charge is 0.253 e. The second kappa shape index (κ2) is 4.57. The van der Waals surface area contributed by atoms with E-state index in [1.807, 2.05) is 36.4 Å². The Labute approximate surface area is 110 Å². The zero-order valence-electron chi connectivity index (χ0n) is 10.1. The number of hydrogen-bond acceptors (Lipinski definition) is 2. The molecule has 3 rings (SSSR count). The number of benzene rings is 2. The van der Waals surface area contributed by atoms with E-state index in [1.54, 1.807) is 12.1 Å². The molecular weight excluding hydrogens is 240 g/mol. The highest BCUT2D eigenvalue weighted by atomic mass is 16.2. The van der Waals surface area contributed by atoms with Gasteiger partial charge in [-0.25, -0.2) is 0 Å². The van der Waals surface area contributed by atoms with E-state index in [0.717, 1.165) is 11.1 Å². The van der Waals surface area contributed by atoms with Crippen molar-refractivity contribution in [3.63, 3.8) is 0 Å². The van der Waals surface area contributed by atoms with E-state index in [0.29, 0.717) is 11.3 Å². The predicted molar refractivity (Wildman–Crippen MR) is 72.8 cm³/mol. The van der Waals surface area contributed by atoms with Crippen LogP contribution in [0.1, 0.15) is 10.4 Å². The monoisotopic (exact) mass is 252 g/mol. The molecule has 0 unspecified atom stereocenters. The van der Waals surface area contributed by atoms with Crippen molar-refractivity contribution in [2.45, 2.75) is 0 Å². The maximum Gasteiger partial charge on any atom is 0.253 e. The van der Waals surface area contributed by atoms with Crippen LogP contribution in [-0.2, 0) is 4.79 Å². The molecule has 0 aliphatic carbocycles. The molecule has 0 atom stereocenters. The SMILES string of the molecule is O=C1CNC(=O)c2cc(-c3ccccc3)ccc2N1. The van der Waals surface area contributed by atoms with Crippen molar-refractivity contribution >= 4 is 17.5 Å². The Bertz CT molecular complexity index is 650. The lowest BCUT2D eigenvalue weighted by molar-refractivity contribution is -0.115. The second-order valence-electron chi connectivity index (χ2n) is 4.36. The molecule has 19 heavy (non-hydrogen) atoms. The summed E-state index contributed by atoms with van der Waals surface area (Å²) in [6, 6.07) is 15.3. The normalized spacial score (nSPS) is 14.1. The van der Waals surface area contributed by atoms with E-state index in [2.05, 4.69) is 10.6 Å². The third kappa shape index (κ3) is 2.20. The molecule has 2 aromatic rings. The second-order valence-corrected chi connectivity index (χ2v) is 4.36. The molecule has 0 bridgehead atoms. The summed E-state index contributed by atoms with van der Waals surface area (Å²) in [5.74, 6) is -0.439. The molecule has 2 amide bonds. The number of carbonyl (C=O) groups excluding carboxylic acids is 2. The van der Waals surface area contributed by atoms with Crippen molar-refractivity contribution in [3.8, 4) is 11.1 Å². The summed E-state index contributed by atoms with van der Waals surface area (Å²) in [5, 5.41) is 5.29. The Morgan fingerprint density at radius 1 is 0.895 bits per heavy atom. The highest BCUT2D eigenvalue weighted by Gasteiger charge is 2.19. The fraction of sp³-hybridized carbons (Fsp3) is 0.0667. The zero-order chi connectivity index (χ0) is 13.2. The number of carbonyl (C=O) groups is 2. The van der Waals surface area contributed by atoms with Crippen LogP contribution in [-0.4, -0.2) is 18.4 Å². The van der Waals surface area contributed by atoms with Gasteiger partial charge in [0.05, 0.1) is 17.8 Å². The van der Waals surface area contributed by atoms with E-state index >= 15 is 0 Å². The molecular formula is C15H12N2O2. The largest absolute Gasteiger partial charge is 0.343 e. The fourth-order valence-corrected chi connectivity index (χ4v) is 2.10. The molecule has 1 aliphatic heterocycles. The van der Waals surface area contributed by atoms with Crippen LogP contribution in [0.4, 0.5) is 5.69 Å². The van der Waals surface area contributed by atoms with Crippen LogP contribution < -0.4 is 10.6 Å². The van der Waals surface area contributed by atoms with Gasteiger partial charge in [0.15, 0.2) is 0 Å². The summed E-state index contributed by atoms with van der Waals surface area (Å²) >= 11 is 0. The van der Waals surface area contributed by atoms with Gasteiger partial charge in [-0.15, -0.1) is 0 Å². The first-order chi connectivity index (χ1) is 9.24. The Kier molecular flexibility index (Phi) is 2.76. The molecule has 94 valence electrons. The Hall–Kier alpha value is -2.62. The van der Waals surface area contributed by atoms with Crippen LogP contribution in [0.3, 0.4) is 0 Å². The number of anilines is 1. The Balaban J connectivity index is 2.08. The van der Waals surface area contributed by atoms with Crippen LogP contribution in [0, 0.1) is 0 Å². The molecule has 0 saturated carbocycles. The van der Waals surface area contributed by atoms with Crippen molar-refractivity contribution in [3.05, 3.63) is 54.1 Å². The summed E-state index contributed by atoms with van der Waals surface area (Å²) in [6.07, 6.45) is 0. The molecule has 1 heterocycles. The van der Waals surface area contributed by atoms with Crippen LogP contribution in [0.25, 0.3) is 11.1 Å². The van der Waals surface area contributed by atoms with Gasteiger partial charge in [0.25, 0.3) is 5.91 Å². The lowest BCUT2D eigenvalue weighted by Crippen LogP contribution is -2.28. The zero-order valence-corrected chi connectivity index (χ0v) is 10.1. The van der Waals surface area contributed by atoms with Gasteiger partial charge in [-0.3, -0.25) is 9.59 Å². The fourth-order valence-electron chi connectivity index (χ4n) is 2.10.